The Morgan fingerprint density at radius 1 is 1.53 bits per heavy atom. The molecule has 4 nitrogen and oxygen atoms in total. The van der Waals surface area contributed by atoms with Gasteiger partial charge in [-0.05, 0) is 27.2 Å². The maximum Gasteiger partial charge on any atom is 0.222 e. The van der Waals surface area contributed by atoms with Gasteiger partial charge in [0.05, 0.1) is 18.3 Å². The Labute approximate surface area is 92.0 Å². The molecular weight excluding hydrogens is 194 g/mol. The van der Waals surface area contributed by atoms with Crippen LogP contribution in [0.4, 0.5) is 0 Å². The van der Waals surface area contributed by atoms with Crippen LogP contribution in [0.3, 0.4) is 0 Å². The molecule has 1 atom stereocenters. The fourth-order valence-corrected chi connectivity index (χ4v) is 0.890. The number of ether oxygens (including phenoxy) is 1. The zero-order valence-corrected chi connectivity index (χ0v) is 10.2. The van der Waals surface area contributed by atoms with Crippen molar-refractivity contribution < 1.29 is 14.6 Å². The van der Waals surface area contributed by atoms with Crippen LogP contribution in [0, 0.1) is 0 Å². The molecule has 0 aromatic rings. The molecule has 4 heteroatoms. The molecule has 0 fully saturated rings. The van der Waals surface area contributed by atoms with Crippen LogP contribution in [0.25, 0.3) is 0 Å². The largest absolute Gasteiger partial charge is 0.388 e. The minimum atomic E-state index is -0.811. The Bertz CT molecular complexity index is 190. The molecule has 0 aromatic heterocycles. The Hall–Kier alpha value is -0.610. The topological polar surface area (TPSA) is 58.6 Å². The number of carbonyl (C=O) groups excluding carboxylic acids is 1. The second kappa shape index (κ2) is 6.80. The first-order valence-corrected chi connectivity index (χ1v) is 5.48. The summed E-state index contributed by atoms with van der Waals surface area (Å²) < 4.78 is 5.25. The zero-order chi connectivity index (χ0) is 11.9. The van der Waals surface area contributed by atoms with Gasteiger partial charge in [0.1, 0.15) is 0 Å². The molecule has 2 N–H and O–H groups in total. The number of aliphatic hydroxyl groups is 1. The van der Waals surface area contributed by atoms with Gasteiger partial charge < -0.3 is 15.2 Å². The van der Waals surface area contributed by atoms with E-state index in [1.165, 1.54) is 0 Å². The smallest absolute Gasteiger partial charge is 0.222 e. The molecule has 1 amide bonds. The molecular formula is C11H23NO3. The SMILES string of the molecule is CC[C@@](C)(O)CNC(=O)CCOC(C)C. The van der Waals surface area contributed by atoms with E-state index in [-0.39, 0.29) is 12.0 Å². The lowest BCUT2D eigenvalue weighted by atomic mass is 10.0. The van der Waals surface area contributed by atoms with Crippen molar-refractivity contribution in [2.24, 2.45) is 0 Å². The van der Waals surface area contributed by atoms with Crippen LogP contribution in [0.1, 0.15) is 40.5 Å². The third-order valence-electron chi connectivity index (χ3n) is 2.21. The van der Waals surface area contributed by atoms with Gasteiger partial charge in [-0.3, -0.25) is 4.79 Å². The van der Waals surface area contributed by atoms with Gasteiger partial charge in [0, 0.05) is 13.0 Å². The first-order chi connectivity index (χ1) is 6.87. The summed E-state index contributed by atoms with van der Waals surface area (Å²) in [7, 11) is 0. The van der Waals surface area contributed by atoms with Gasteiger partial charge in [0.15, 0.2) is 0 Å². The number of rotatable bonds is 7. The fraction of sp³-hybridized carbons (Fsp3) is 0.909. The summed E-state index contributed by atoms with van der Waals surface area (Å²) >= 11 is 0. The molecule has 0 bridgehead atoms. The highest BCUT2D eigenvalue weighted by Gasteiger charge is 2.17. The lowest BCUT2D eigenvalue weighted by Crippen LogP contribution is -2.40. The van der Waals surface area contributed by atoms with Gasteiger partial charge in [-0.2, -0.15) is 0 Å². The molecule has 0 aliphatic heterocycles. The van der Waals surface area contributed by atoms with Crippen molar-refractivity contribution >= 4 is 5.91 Å². The number of amides is 1. The standard InChI is InChI=1S/C11H23NO3/c1-5-11(4,14)8-12-10(13)6-7-15-9(2)3/h9,14H,5-8H2,1-4H3,(H,12,13)/t11-/m1/s1. The zero-order valence-electron chi connectivity index (χ0n) is 10.2. The molecule has 0 rings (SSSR count). The molecule has 0 radical (unpaired) electrons. The van der Waals surface area contributed by atoms with E-state index < -0.39 is 5.60 Å². The van der Waals surface area contributed by atoms with Crippen LogP contribution in [-0.4, -0.2) is 35.9 Å². The van der Waals surface area contributed by atoms with E-state index in [2.05, 4.69) is 5.32 Å². The van der Waals surface area contributed by atoms with Crippen LogP contribution in [0.5, 0.6) is 0 Å². The van der Waals surface area contributed by atoms with Crippen LogP contribution in [0.2, 0.25) is 0 Å². The quantitative estimate of drug-likeness (QED) is 0.671. The first kappa shape index (κ1) is 14.4. The molecule has 0 saturated carbocycles. The van der Waals surface area contributed by atoms with Gasteiger partial charge in [0.25, 0.3) is 0 Å². The minimum Gasteiger partial charge on any atom is -0.388 e. The van der Waals surface area contributed by atoms with Gasteiger partial charge in [-0.25, -0.2) is 0 Å². The number of hydrogen-bond donors (Lipinski definition) is 2. The van der Waals surface area contributed by atoms with Crippen LogP contribution in [0.15, 0.2) is 0 Å². The maximum atomic E-state index is 11.3. The number of carbonyl (C=O) groups is 1. The summed E-state index contributed by atoms with van der Waals surface area (Å²) in [6, 6.07) is 0. The molecule has 0 aromatic carbocycles. The number of hydrogen-bond acceptors (Lipinski definition) is 3. The van der Waals surface area contributed by atoms with E-state index in [9.17, 15) is 9.90 Å². The van der Waals surface area contributed by atoms with Crippen LogP contribution < -0.4 is 5.32 Å². The van der Waals surface area contributed by atoms with Gasteiger partial charge >= 0.3 is 0 Å². The number of nitrogens with one attached hydrogen (secondary N) is 1. The van der Waals surface area contributed by atoms with E-state index >= 15 is 0 Å². The molecule has 15 heavy (non-hydrogen) atoms. The normalized spacial score (nSPS) is 15.1. The molecule has 0 saturated heterocycles. The molecule has 0 unspecified atom stereocenters. The van der Waals surface area contributed by atoms with Crippen molar-refractivity contribution in [3.8, 4) is 0 Å². The third kappa shape index (κ3) is 8.39. The summed E-state index contributed by atoms with van der Waals surface area (Å²) in [5, 5.41) is 12.3. The average Bonchev–Trinajstić information content (AvgIpc) is 2.14. The van der Waals surface area contributed by atoms with Crippen molar-refractivity contribution in [2.45, 2.75) is 52.2 Å². The predicted octanol–water partition coefficient (Wildman–Crippen LogP) is 1.08. The minimum absolute atomic E-state index is 0.0793. The lowest BCUT2D eigenvalue weighted by Gasteiger charge is -2.21. The van der Waals surface area contributed by atoms with Crippen LogP contribution >= 0.6 is 0 Å². The average molecular weight is 217 g/mol. The first-order valence-electron chi connectivity index (χ1n) is 5.48. The fourth-order valence-electron chi connectivity index (χ4n) is 0.890. The predicted molar refractivity (Wildman–Crippen MR) is 59.6 cm³/mol. The second-order valence-electron chi connectivity index (χ2n) is 4.30. The lowest BCUT2D eigenvalue weighted by molar-refractivity contribution is -0.123. The van der Waals surface area contributed by atoms with Crippen LogP contribution in [-0.2, 0) is 9.53 Å². The monoisotopic (exact) mass is 217 g/mol. The van der Waals surface area contributed by atoms with Crippen molar-refractivity contribution in [1.29, 1.82) is 0 Å². The van der Waals surface area contributed by atoms with Crippen molar-refractivity contribution in [3.05, 3.63) is 0 Å². The summed E-state index contributed by atoms with van der Waals surface area (Å²) in [6.07, 6.45) is 1.12. The Morgan fingerprint density at radius 2 is 2.13 bits per heavy atom. The second-order valence-corrected chi connectivity index (χ2v) is 4.30. The summed E-state index contributed by atoms with van der Waals surface area (Å²) in [5.74, 6) is -0.0793. The van der Waals surface area contributed by atoms with Crippen molar-refractivity contribution in [2.75, 3.05) is 13.2 Å². The molecule has 0 aliphatic rings. The Balaban J connectivity index is 3.58. The summed E-state index contributed by atoms with van der Waals surface area (Å²) in [5.41, 5.74) is -0.811. The maximum absolute atomic E-state index is 11.3. The van der Waals surface area contributed by atoms with Crippen molar-refractivity contribution in [3.63, 3.8) is 0 Å². The summed E-state index contributed by atoms with van der Waals surface area (Å²) in [6.45, 7) is 8.17. The molecule has 0 heterocycles. The highest BCUT2D eigenvalue weighted by Crippen LogP contribution is 2.05. The van der Waals surface area contributed by atoms with E-state index in [0.29, 0.717) is 26.0 Å². The van der Waals surface area contributed by atoms with Crippen molar-refractivity contribution in [1.82, 2.24) is 5.32 Å². The van der Waals surface area contributed by atoms with Gasteiger partial charge in [-0.1, -0.05) is 6.92 Å². The molecule has 0 aliphatic carbocycles. The van der Waals surface area contributed by atoms with E-state index in [1.54, 1.807) is 6.92 Å². The van der Waals surface area contributed by atoms with E-state index in [1.807, 2.05) is 20.8 Å². The highest BCUT2D eigenvalue weighted by atomic mass is 16.5. The Kier molecular flexibility index (Phi) is 6.52. The van der Waals surface area contributed by atoms with Gasteiger partial charge in [0.2, 0.25) is 5.91 Å². The third-order valence-corrected chi connectivity index (χ3v) is 2.21. The summed E-state index contributed by atoms with van der Waals surface area (Å²) in [4.78, 5) is 11.3. The Morgan fingerprint density at radius 3 is 2.60 bits per heavy atom. The highest BCUT2D eigenvalue weighted by molar-refractivity contribution is 5.76. The molecule has 90 valence electrons. The van der Waals surface area contributed by atoms with E-state index in [4.69, 9.17) is 4.74 Å². The van der Waals surface area contributed by atoms with Gasteiger partial charge in [-0.15, -0.1) is 0 Å². The van der Waals surface area contributed by atoms with E-state index in [0.717, 1.165) is 0 Å². The molecule has 0 spiro atoms.